The summed E-state index contributed by atoms with van der Waals surface area (Å²) in [5.74, 6) is 1.48. The maximum absolute atomic E-state index is 11.4. The Bertz CT molecular complexity index is 612. The van der Waals surface area contributed by atoms with E-state index in [0.29, 0.717) is 16.5 Å². The Balaban J connectivity index is 2.16. The summed E-state index contributed by atoms with van der Waals surface area (Å²) in [5.41, 5.74) is 2.69. The smallest absolute Gasteiger partial charge is 0.187 e. The molecule has 0 amide bonds. The second-order valence-corrected chi connectivity index (χ2v) is 5.36. The standard InChI is InChI=1S/C15H16N2O2S/c1-10-7-16-15(17-8-10)20-9-13-6-12(11(2)18)4-5-14(13)19-3/h4-8H,9H2,1-3H3. The number of rotatable bonds is 5. The van der Waals surface area contributed by atoms with Crippen molar-refractivity contribution in [1.82, 2.24) is 9.97 Å². The van der Waals surface area contributed by atoms with E-state index in [4.69, 9.17) is 4.74 Å². The molecule has 0 spiro atoms. The summed E-state index contributed by atoms with van der Waals surface area (Å²) in [6.07, 6.45) is 3.58. The molecule has 0 unspecified atom stereocenters. The Kier molecular flexibility index (Phi) is 4.74. The van der Waals surface area contributed by atoms with Crippen LogP contribution in [0.4, 0.5) is 0 Å². The van der Waals surface area contributed by atoms with Crippen molar-refractivity contribution in [3.63, 3.8) is 0 Å². The minimum absolute atomic E-state index is 0.0467. The van der Waals surface area contributed by atoms with E-state index in [0.717, 1.165) is 16.9 Å². The van der Waals surface area contributed by atoms with Gasteiger partial charge < -0.3 is 4.74 Å². The summed E-state index contributed by atoms with van der Waals surface area (Å²) < 4.78 is 5.32. The summed E-state index contributed by atoms with van der Waals surface area (Å²) >= 11 is 1.52. The Morgan fingerprint density at radius 2 is 2.00 bits per heavy atom. The molecule has 2 rings (SSSR count). The van der Waals surface area contributed by atoms with Gasteiger partial charge in [0.05, 0.1) is 7.11 Å². The lowest BCUT2D eigenvalue weighted by Crippen LogP contribution is -1.97. The van der Waals surface area contributed by atoms with Gasteiger partial charge >= 0.3 is 0 Å². The first-order valence-corrected chi connectivity index (χ1v) is 7.18. The van der Waals surface area contributed by atoms with E-state index in [2.05, 4.69) is 9.97 Å². The largest absolute Gasteiger partial charge is 0.496 e. The van der Waals surface area contributed by atoms with Crippen LogP contribution >= 0.6 is 11.8 Å². The first-order chi connectivity index (χ1) is 9.60. The molecule has 0 atom stereocenters. The molecule has 5 heteroatoms. The quantitative estimate of drug-likeness (QED) is 0.480. The molecule has 0 saturated carbocycles. The number of ketones is 1. The van der Waals surface area contributed by atoms with Crippen LogP contribution in [0, 0.1) is 6.92 Å². The van der Waals surface area contributed by atoms with Crippen molar-refractivity contribution >= 4 is 17.5 Å². The molecule has 0 bridgehead atoms. The fourth-order valence-corrected chi connectivity index (χ4v) is 2.47. The second kappa shape index (κ2) is 6.52. The first kappa shape index (κ1) is 14.5. The van der Waals surface area contributed by atoms with E-state index in [1.807, 2.05) is 19.1 Å². The third-order valence-corrected chi connectivity index (χ3v) is 3.73. The number of hydrogen-bond acceptors (Lipinski definition) is 5. The average Bonchev–Trinajstić information content (AvgIpc) is 2.46. The van der Waals surface area contributed by atoms with E-state index in [1.54, 1.807) is 32.5 Å². The Labute approximate surface area is 122 Å². The Morgan fingerprint density at radius 3 is 2.60 bits per heavy atom. The summed E-state index contributed by atoms with van der Waals surface area (Å²) in [5, 5.41) is 0.714. The molecular formula is C15H16N2O2S. The van der Waals surface area contributed by atoms with Crippen LogP contribution in [0.1, 0.15) is 28.4 Å². The molecule has 1 aromatic carbocycles. The third-order valence-electron chi connectivity index (χ3n) is 2.80. The lowest BCUT2D eigenvalue weighted by atomic mass is 10.1. The highest BCUT2D eigenvalue weighted by molar-refractivity contribution is 7.98. The summed E-state index contributed by atoms with van der Waals surface area (Å²) in [6.45, 7) is 3.51. The van der Waals surface area contributed by atoms with Crippen molar-refractivity contribution in [2.75, 3.05) is 7.11 Å². The van der Waals surface area contributed by atoms with Crippen molar-refractivity contribution in [2.45, 2.75) is 24.8 Å². The van der Waals surface area contributed by atoms with Gasteiger partial charge in [0.1, 0.15) is 5.75 Å². The average molecular weight is 288 g/mol. The summed E-state index contributed by atoms with van der Waals surface area (Å²) in [6, 6.07) is 5.46. The van der Waals surface area contributed by atoms with E-state index < -0.39 is 0 Å². The molecule has 4 nitrogen and oxygen atoms in total. The molecule has 0 N–H and O–H groups in total. The highest BCUT2D eigenvalue weighted by Gasteiger charge is 2.08. The van der Waals surface area contributed by atoms with Crippen molar-refractivity contribution < 1.29 is 9.53 Å². The summed E-state index contributed by atoms with van der Waals surface area (Å²) in [4.78, 5) is 19.9. The lowest BCUT2D eigenvalue weighted by Gasteiger charge is -2.09. The van der Waals surface area contributed by atoms with Crippen LogP contribution in [0.25, 0.3) is 0 Å². The molecule has 1 heterocycles. The fraction of sp³-hybridized carbons (Fsp3) is 0.267. The predicted octanol–water partition coefficient (Wildman–Crippen LogP) is 3.29. The van der Waals surface area contributed by atoms with Gasteiger partial charge in [-0.05, 0) is 37.6 Å². The number of carbonyl (C=O) groups excluding carboxylic acids is 1. The Morgan fingerprint density at radius 1 is 1.30 bits per heavy atom. The van der Waals surface area contributed by atoms with Gasteiger partial charge in [0.25, 0.3) is 0 Å². The summed E-state index contributed by atoms with van der Waals surface area (Å²) in [7, 11) is 1.62. The highest BCUT2D eigenvalue weighted by Crippen LogP contribution is 2.27. The van der Waals surface area contributed by atoms with Gasteiger partial charge in [-0.3, -0.25) is 4.79 Å². The van der Waals surface area contributed by atoms with Gasteiger partial charge in [-0.25, -0.2) is 9.97 Å². The van der Waals surface area contributed by atoms with Crippen LogP contribution < -0.4 is 4.74 Å². The van der Waals surface area contributed by atoms with Crippen LogP contribution in [0.15, 0.2) is 35.7 Å². The van der Waals surface area contributed by atoms with Crippen LogP contribution in [0.3, 0.4) is 0 Å². The predicted molar refractivity (Wildman–Crippen MR) is 79.3 cm³/mol. The molecule has 0 aliphatic heterocycles. The van der Waals surface area contributed by atoms with E-state index >= 15 is 0 Å². The van der Waals surface area contributed by atoms with Crippen molar-refractivity contribution in [2.24, 2.45) is 0 Å². The molecule has 0 aliphatic carbocycles. The molecule has 0 saturated heterocycles. The second-order valence-electron chi connectivity index (χ2n) is 4.41. The van der Waals surface area contributed by atoms with Gasteiger partial charge in [0.15, 0.2) is 10.9 Å². The molecule has 0 fully saturated rings. The monoisotopic (exact) mass is 288 g/mol. The van der Waals surface area contributed by atoms with Crippen LogP contribution in [-0.4, -0.2) is 22.9 Å². The first-order valence-electron chi connectivity index (χ1n) is 6.19. The minimum atomic E-state index is 0.0467. The van der Waals surface area contributed by atoms with Crippen LogP contribution in [0.5, 0.6) is 5.75 Å². The minimum Gasteiger partial charge on any atom is -0.496 e. The van der Waals surface area contributed by atoms with Crippen molar-refractivity contribution in [3.05, 3.63) is 47.3 Å². The molecule has 20 heavy (non-hydrogen) atoms. The number of ether oxygens (including phenoxy) is 1. The number of benzene rings is 1. The van der Waals surface area contributed by atoms with Gasteiger partial charge in [-0.1, -0.05) is 11.8 Å². The number of thioether (sulfide) groups is 1. The maximum Gasteiger partial charge on any atom is 0.187 e. The SMILES string of the molecule is COc1ccc(C(C)=O)cc1CSc1ncc(C)cn1. The molecule has 0 radical (unpaired) electrons. The number of aryl methyl sites for hydroxylation is 1. The fourth-order valence-electron chi connectivity index (χ4n) is 1.71. The van der Waals surface area contributed by atoms with Crippen molar-refractivity contribution in [1.29, 1.82) is 0 Å². The van der Waals surface area contributed by atoms with Gasteiger partial charge in [0.2, 0.25) is 0 Å². The number of aromatic nitrogens is 2. The topological polar surface area (TPSA) is 52.1 Å². The molecular weight excluding hydrogens is 272 g/mol. The van der Waals surface area contributed by atoms with Gasteiger partial charge in [0, 0.05) is 29.3 Å². The number of nitrogens with zero attached hydrogens (tertiary/aromatic N) is 2. The van der Waals surface area contributed by atoms with Crippen LogP contribution in [-0.2, 0) is 5.75 Å². The number of methoxy groups -OCH3 is 1. The Hall–Kier alpha value is -1.88. The zero-order valence-corrected chi connectivity index (χ0v) is 12.5. The zero-order valence-electron chi connectivity index (χ0n) is 11.7. The number of Topliss-reactive ketones (excluding diaryl/α,β-unsaturated/α-hetero) is 1. The lowest BCUT2D eigenvalue weighted by molar-refractivity contribution is 0.101. The molecule has 0 aliphatic rings. The third kappa shape index (κ3) is 3.57. The maximum atomic E-state index is 11.4. The van der Waals surface area contributed by atoms with E-state index in [-0.39, 0.29) is 5.78 Å². The van der Waals surface area contributed by atoms with Gasteiger partial charge in [-0.2, -0.15) is 0 Å². The number of hydrogen-bond donors (Lipinski definition) is 0. The van der Waals surface area contributed by atoms with Gasteiger partial charge in [-0.15, -0.1) is 0 Å². The van der Waals surface area contributed by atoms with Crippen molar-refractivity contribution in [3.8, 4) is 5.75 Å². The zero-order chi connectivity index (χ0) is 14.5. The highest BCUT2D eigenvalue weighted by atomic mass is 32.2. The van der Waals surface area contributed by atoms with E-state index in [9.17, 15) is 4.79 Å². The molecule has 2 aromatic rings. The molecule has 104 valence electrons. The van der Waals surface area contributed by atoms with E-state index in [1.165, 1.54) is 11.8 Å². The van der Waals surface area contributed by atoms with Crippen LogP contribution in [0.2, 0.25) is 0 Å². The molecule has 1 aromatic heterocycles. The normalized spacial score (nSPS) is 10.3. The number of carbonyl (C=O) groups is 1.